The van der Waals surface area contributed by atoms with E-state index in [1.54, 1.807) is 6.20 Å². The van der Waals surface area contributed by atoms with Gasteiger partial charge in [-0.2, -0.15) is 0 Å². The molecule has 0 bridgehead atoms. The van der Waals surface area contributed by atoms with Crippen LogP contribution in [0.25, 0.3) is 22.4 Å². The summed E-state index contributed by atoms with van der Waals surface area (Å²) in [6.45, 7) is 9.77. The third-order valence-corrected chi connectivity index (χ3v) is 7.50. The summed E-state index contributed by atoms with van der Waals surface area (Å²) in [6.07, 6.45) is 5.90. The van der Waals surface area contributed by atoms with Crippen molar-refractivity contribution in [1.29, 1.82) is 0 Å². The second kappa shape index (κ2) is 11.7. The van der Waals surface area contributed by atoms with Gasteiger partial charge >= 0.3 is 0 Å². The molecule has 1 aromatic heterocycles. The van der Waals surface area contributed by atoms with Crippen LogP contribution in [0.2, 0.25) is 0 Å². The SMILES string of the molecule is CC(C)(C)C(=O)N[C@H]1CC[C@H](CC(=O)Nc2cnc(-c3ccc(C(C)(C)N)cc3)c(-c3ccccc3)c2)CC1. The molecule has 1 aliphatic carbocycles. The van der Waals surface area contributed by atoms with Crippen LogP contribution in [0, 0.1) is 11.3 Å². The van der Waals surface area contributed by atoms with Crippen molar-refractivity contribution in [3.05, 3.63) is 72.4 Å². The second-order valence-corrected chi connectivity index (χ2v) is 12.5. The summed E-state index contributed by atoms with van der Waals surface area (Å²) in [7, 11) is 0. The number of benzene rings is 2. The number of rotatable bonds is 7. The van der Waals surface area contributed by atoms with Crippen molar-refractivity contribution in [2.75, 3.05) is 5.32 Å². The van der Waals surface area contributed by atoms with E-state index >= 15 is 0 Å². The predicted octanol–water partition coefficient (Wildman–Crippen LogP) is 6.66. The molecule has 0 aliphatic heterocycles. The highest BCUT2D eigenvalue weighted by Gasteiger charge is 2.28. The standard InChI is InChI=1S/C33H42N4O2/c1-32(2,3)31(39)37-26-17-11-22(12-18-26)19-29(38)36-27-20-28(23-9-7-6-8-10-23)30(35-21-27)24-13-15-25(16-14-24)33(4,5)34/h6-10,13-16,20-22,26H,11-12,17-19,34H2,1-5H3,(H,36,38)(H,37,39)/t22-,26-. The first-order valence-corrected chi connectivity index (χ1v) is 14.0. The van der Waals surface area contributed by atoms with Gasteiger partial charge in [-0.05, 0) is 62.6 Å². The van der Waals surface area contributed by atoms with Gasteiger partial charge in [-0.15, -0.1) is 0 Å². The van der Waals surface area contributed by atoms with Gasteiger partial charge in [0.1, 0.15) is 0 Å². The Morgan fingerprint density at radius 1 is 0.897 bits per heavy atom. The van der Waals surface area contributed by atoms with Crippen LogP contribution in [-0.2, 0) is 15.1 Å². The maximum Gasteiger partial charge on any atom is 0.225 e. The molecule has 39 heavy (non-hydrogen) atoms. The van der Waals surface area contributed by atoms with Gasteiger partial charge in [0.25, 0.3) is 0 Å². The molecule has 0 radical (unpaired) electrons. The lowest BCUT2D eigenvalue weighted by Crippen LogP contribution is -2.43. The van der Waals surface area contributed by atoms with Crippen molar-refractivity contribution in [1.82, 2.24) is 10.3 Å². The Bertz CT molecular complexity index is 1280. The van der Waals surface area contributed by atoms with Crippen LogP contribution in [0.15, 0.2) is 66.9 Å². The molecule has 1 aliphatic rings. The van der Waals surface area contributed by atoms with Gasteiger partial charge < -0.3 is 16.4 Å². The molecular weight excluding hydrogens is 484 g/mol. The Morgan fingerprint density at radius 3 is 2.13 bits per heavy atom. The van der Waals surface area contributed by atoms with E-state index in [0.29, 0.717) is 18.0 Å². The van der Waals surface area contributed by atoms with Gasteiger partial charge in [0.2, 0.25) is 11.8 Å². The number of nitrogens with two attached hydrogens (primary N) is 1. The molecule has 6 heteroatoms. The van der Waals surface area contributed by atoms with Gasteiger partial charge in [0, 0.05) is 34.5 Å². The number of pyridine rings is 1. The first-order valence-electron chi connectivity index (χ1n) is 14.0. The van der Waals surface area contributed by atoms with Crippen molar-refractivity contribution in [2.45, 2.75) is 78.3 Å². The molecule has 1 saturated carbocycles. The topological polar surface area (TPSA) is 97.1 Å². The highest BCUT2D eigenvalue weighted by molar-refractivity contribution is 5.93. The minimum absolute atomic E-state index is 0.000249. The maximum absolute atomic E-state index is 13.0. The first-order chi connectivity index (χ1) is 18.4. The van der Waals surface area contributed by atoms with Crippen LogP contribution >= 0.6 is 0 Å². The van der Waals surface area contributed by atoms with Gasteiger partial charge in [0.05, 0.1) is 17.6 Å². The van der Waals surface area contributed by atoms with Crippen LogP contribution in [0.1, 0.15) is 72.3 Å². The van der Waals surface area contributed by atoms with E-state index in [-0.39, 0.29) is 23.3 Å². The Kier molecular flexibility index (Phi) is 8.55. The molecular formula is C33H42N4O2. The van der Waals surface area contributed by atoms with Crippen molar-refractivity contribution >= 4 is 17.5 Å². The van der Waals surface area contributed by atoms with E-state index in [9.17, 15) is 9.59 Å². The molecule has 206 valence electrons. The van der Waals surface area contributed by atoms with Gasteiger partial charge in [-0.1, -0.05) is 75.4 Å². The van der Waals surface area contributed by atoms with Gasteiger partial charge in [-0.25, -0.2) is 0 Å². The monoisotopic (exact) mass is 526 g/mol. The lowest BCUT2D eigenvalue weighted by atomic mass is 9.83. The van der Waals surface area contributed by atoms with E-state index in [0.717, 1.165) is 53.6 Å². The molecule has 6 nitrogen and oxygen atoms in total. The van der Waals surface area contributed by atoms with Gasteiger partial charge in [-0.3, -0.25) is 14.6 Å². The van der Waals surface area contributed by atoms with Crippen molar-refractivity contribution < 1.29 is 9.59 Å². The number of nitrogens with one attached hydrogen (secondary N) is 2. The average molecular weight is 527 g/mol. The molecule has 4 N–H and O–H groups in total. The van der Waals surface area contributed by atoms with Crippen LogP contribution in [-0.4, -0.2) is 22.8 Å². The van der Waals surface area contributed by atoms with Crippen molar-refractivity contribution in [3.8, 4) is 22.4 Å². The summed E-state index contributed by atoms with van der Waals surface area (Å²) >= 11 is 0. The fourth-order valence-corrected chi connectivity index (χ4v) is 5.05. The third kappa shape index (κ3) is 7.54. The number of amides is 2. The first kappa shape index (κ1) is 28.5. The minimum atomic E-state index is -0.415. The zero-order valence-electron chi connectivity index (χ0n) is 23.9. The number of nitrogens with zero attached hydrogens (tertiary/aromatic N) is 1. The van der Waals surface area contributed by atoms with Crippen LogP contribution in [0.5, 0.6) is 0 Å². The molecule has 1 heterocycles. The molecule has 0 atom stereocenters. The summed E-state index contributed by atoms with van der Waals surface area (Å²) in [5.74, 6) is 0.409. The molecule has 2 amide bonds. The number of carbonyl (C=O) groups is 2. The van der Waals surface area contributed by atoms with E-state index in [2.05, 4.69) is 34.9 Å². The number of hydrogen-bond donors (Lipinski definition) is 3. The Hall–Kier alpha value is -3.51. The summed E-state index contributed by atoms with van der Waals surface area (Å²) in [5, 5.41) is 6.25. The van der Waals surface area contributed by atoms with E-state index in [1.165, 1.54) is 0 Å². The fourth-order valence-electron chi connectivity index (χ4n) is 5.05. The van der Waals surface area contributed by atoms with E-state index < -0.39 is 5.54 Å². The Morgan fingerprint density at radius 2 is 1.54 bits per heavy atom. The quantitative estimate of drug-likeness (QED) is 0.321. The zero-order chi connectivity index (χ0) is 28.2. The van der Waals surface area contributed by atoms with Crippen LogP contribution in [0.3, 0.4) is 0 Å². The highest BCUT2D eigenvalue weighted by atomic mass is 16.2. The molecule has 3 aromatic rings. The maximum atomic E-state index is 13.0. The molecule has 1 fully saturated rings. The molecule has 2 aromatic carbocycles. The lowest BCUT2D eigenvalue weighted by molar-refractivity contribution is -0.129. The lowest BCUT2D eigenvalue weighted by Gasteiger charge is -2.31. The third-order valence-electron chi connectivity index (χ3n) is 7.50. The molecule has 4 rings (SSSR count). The Balaban J connectivity index is 1.44. The minimum Gasteiger partial charge on any atom is -0.353 e. The number of anilines is 1. The van der Waals surface area contributed by atoms with Crippen LogP contribution in [0.4, 0.5) is 5.69 Å². The summed E-state index contributed by atoms with van der Waals surface area (Å²) in [6, 6.07) is 20.5. The summed E-state index contributed by atoms with van der Waals surface area (Å²) in [5.41, 5.74) is 11.1. The summed E-state index contributed by atoms with van der Waals surface area (Å²) < 4.78 is 0. The predicted molar refractivity (Wildman–Crippen MR) is 159 cm³/mol. The smallest absolute Gasteiger partial charge is 0.225 e. The van der Waals surface area contributed by atoms with Crippen molar-refractivity contribution in [3.63, 3.8) is 0 Å². The summed E-state index contributed by atoms with van der Waals surface area (Å²) in [4.78, 5) is 30.1. The fraction of sp³-hybridized carbons (Fsp3) is 0.424. The highest BCUT2D eigenvalue weighted by Crippen LogP contribution is 2.34. The zero-order valence-corrected chi connectivity index (χ0v) is 23.9. The number of aromatic nitrogens is 1. The Labute approximate surface area is 232 Å². The normalized spacial score (nSPS) is 17.9. The van der Waals surface area contributed by atoms with Crippen molar-refractivity contribution in [2.24, 2.45) is 17.1 Å². The molecule has 0 unspecified atom stereocenters. The van der Waals surface area contributed by atoms with E-state index in [1.807, 2.05) is 71.0 Å². The van der Waals surface area contributed by atoms with Gasteiger partial charge in [0.15, 0.2) is 0 Å². The van der Waals surface area contributed by atoms with Crippen LogP contribution < -0.4 is 16.4 Å². The average Bonchev–Trinajstić information content (AvgIpc) is 2.89. The number of carbonyl (C=O) groups excluding carboxylic acids is 2. The largest absolute Gasteiger partial charge is 0.353 e. The molecule has 0 spiro atoms. The second-order valence-electron chi connectivity index (χ2n) is 12.5. The van der Waals surface area contributed by atoms with E-state index in [4.69, 9.17) is 10.7 Å². The number of hydrogen-bond acceptors (Lipinski definition) is 4. The molecule has 0 saturated heterocycles.